The lowest BCUT2D eigenvalue weighted by molar-refractivity contribution is 0.240. The number of phenols is 1. The minimum absolute atomic E-state index is 0. The molecule has 0 aliphatic carbocycles. The van der Waals surface area contributed by atoms with E-state index in [0.717, 1.165) is 25.9 Å². The van der Waals surface area contributed by atoms with E-state index < -0.39 is 0 Å². The number of hydrogen-bond acceptors (Lipinski definition) is 2. The third kappa shape index (κ3) is 4.26. The maximum absolute atomic E-state index is 9.59. The molecule has 19 heavy (non-hydrogen) atoms. The summed E-state index contributed by atoms with van der Waals surface area (Å²) >= 11 is 0. The minimum Gasteiger partial charge on any atom is -0.508 e. The van der Waals surface area contributed by atoms with Gasteiger partial charge in [-0.3, -0.25) is 4.90 Å². The summed E-state index contributed by atoms with van der Waals surface area (Å²) in [6, 6.07) is 6.33. The van der Waals surface area contributed by atoms with E-state index in [1.54, 1.807) is 6.07 Å². The Kier molecular flexibility index (Phi) is 5.89. The van der Waals surface area contributed by atoms with Crippen LogP contribution in [0.4, 0.5) is 0 Å². The van der Waals surface area contributed by atoms with Gasteiger partial charge in [0.1, 0.15) is 5.75 Å². The van der Waals surface area contributed by atoms with Gasteiger partial charge in [-0.05, 0) is 56.9 Å². The molecular formula is C16H24ClNO. The summed E-state index contributed by atoms with van der Waals surface area (Å²) in [6.45, 7) is 8.70. The first-order chi connectivity index (χ1) is 8.56. The van der Waals surface area contributed by atoms with Crippen LogP contribution in [0, 0.1) is 0 Å². The zero-order chi connectivity index (χ0) is 13.1. The second-order valence-electron chi connectivity index (χ2n) is 5.53. The van der Waals surface area contributed by atoms with Crippen molar-refractivity contribution in [1.29, 1.82) is 0 Å². The zero-order valence-electron chi connectivity index (χ0n) is 12.0. The van der Waals surface area contributed by atoms with Gasteiger partial charge in [-0.2, -0.15) is 0 Å². The minimum atomic E-state index is 0. The molecule has 0 radical (unpaired) electrons. The fraction of sp³-hybridized carbons (Fsp3) is 0.500. The van der Waals surface area contributed by atoms with Crippen molar-refractivity contribution in [3.63, 3.8) is 0 Å². The summed E-state index contributed by atoms with van der Waals surface area (Å²) in [6.07, 6.45) is 4.40. The molecule has 0 spiro atoms. The van der Waals surface area contributed by atoms with E-state index in [0.29, 0.717) is 11.8 Å². The highest BCUT2D eigenvalue weighted by Gasteiger charge is 2.19. The van der Waals surface area contributed by atoms with E-state index >= 15 is 0 Å². The lowest BCUT2D eigenvalue weighted by atomic mass is 10.0. The normalized spacial score (nSPS) is 19.0. The first-order valence-corrected chi connectivity index (χ1v) is 6.74. The summed E-state index contributed by atoms with van der Waals surface area (Å²) in [5.41, 5.74) is 4.07. The van der Waals surface area contributed by atoms with Crippen molar-refractivity contribution in [2.75, 3.05) is 13.1 Å². The Labute approximate surface area is 122 Å². The fourth-order valence-corrected chi connectivity index (χ4v) is 2.55. The van der Waals surface area contributed by atoms with E-state index in [4.69, 9.17) is 0 Å². The maximum atomic E-state index is 9.59. The van der Waals surface area contributed by atoms with Crippen LogP contribution in [0.5, 0.6) is 5.75 Å². The average molecular weight is 282 g/mol. The summed E-state index contributed by atoms with van der Waals surface area (Å²) in [5.74, 6) is 0.388. The number of halogens is 1. The topological polar surface area (TPSA) is 23.5 Å². The van der Waals surface area contributed by atoms with Gasteiger partial charge in [-0.25, -0.2) is 0 Å². The van der Waals surface area contributed by atoms with Gasteiger partial charge >= 0.3 is 0 Å². The van der Waals surface area contributed by atoms with E-state index in [9.17, 15) is 5.11 Å². The molecule has 1 aromatic carbocycles. The summed E-state index contributed by atoms with van der Waals surface area (Å²) in [7, 11) is 0. The van der Waals surface area contributed by atoms with Crippen LogP contribution in [0.2, 0.25) is 0 Å². The van der Waals surface area contributed by atoms with Gasteiger partial charge in [-0.15, -0.1) is 12.4 Å². The third-order valence-corrected chi connectivity index (χ3v) is 3.73. The summed E-state index contributed by atoms with van der Waals surface area (Å²) < 4.78 is 0. The smallest absolute Gasteiger partial charge is 0.115 e. The van der Waals surface area contributed by atoms with Crippen molar-refractivity contribution in [2.45, 2.75) is 39.7 Å². The molecule has 0 saturated carbocycles. The lowest BCUT2D eigenvalue weighted by Crippen LogP contribution is -2.34. The predicted molar refractivity (Wildman–Crippen MR) is 83.2 cm³/mol. The van der Waals surface area contributed by atoms with Crippen LogP contribution in [0.15, 0.2) is 29.8 Å². The number of fused-ring (bicyclic) bond motifs is 1. The molecule has 1 N–H and O–H groups in total. The number of rotatable bonds is 2. The summed E-state index contributed by atoms with van der Waals surface area (Å²) in [5, 5.41) is 9.59. The Morgan fingerprint density at radius 2 is 2.11 bits per heavy atom. The Bertz CT molecular complexity index is 452. The molecular weight excluding hydrogens is 258 g/mol. The third-order valence-electron chi connectivity index (χ3n) is 3.73. The zero-order valence-corrected chi connectivity index (χ0v) is 12.8. The number of benzene rings is 1. The van der Waals surface area contributed by atoms with Crippen molar-refractivity contribution < 1.29 is 5.11 Å². The Morgan fingerprint density at radius 1 is 1.37 bits per heavy atom. The summed E-state index contributed by atoms with van der Waals surface area (Å²) in [4.78, 5) is 2.52. The van der Waals surface area contributed by atoms with Crippen LogP contribution in [0.3, 0.4) is 0 Å². The Hall–Kier alpha value is -0.990. The van der Waals surface area contributed by atoms with Crippen molar-refractivity contribution in [3.05, 3.63) is 41.0 Å². The van der Waals surface area contributed by atoms with Crippen molar-refractivity contribution in [1.82, 2.24) is 4.90 Å². The average Bonchev–Trinajstić information content (AvgIpc) is 2.45. The first-order valence-electron chi connectivity index (χ1n) is 6.74. The molecule has 1 aromatic rings. The van der Waals surface area contributed by atoms with Gasteiger partial charge in [0.25, 0.3) is 0 Å². The van der Waals surface area contributed by atoms with Crippen LogP contribution in [0.1, 0.15) is 31.9 Å². The van der Waals surface area contributed by atoms with Crippen molar-refractivity contribution in [3.8, 4) is 5.75 Å². The number of nitrogens with zero attached hydrogens (tertiary/aromatic N) is 1. The number of phenolic OH excluding ortho intramolecular Hbond substituents is 1. The lowest BCUT2D eigenvalue weighted by Gasteiger charge is -2.25. The molecule has 1 aliphatic rings. The molecule has 1 aliphatic heterocycles. The number of aromatic hydroxyl groups is 1. The van der Waals surface area contributed by atoms with Gasteiger partial charge in [0, 0.05) is 19.1 Å². The number of allylic oxidation sites excluding steroid dienone is 1. The molecule has 2 rings (SSSR count). The Balaban J connectivity index is 0.00000180. The predicted octanol–water partition coefficient (Wildman–Crippen LogP) is 3.57. The quantitative estimate of drug-likeness (QED) is 0.838. The molecule has 1 heterocycles. The van der Waals surface area contributed by atoms with E-state index in [2.05, 4.69) is 37.8 Å². The van der Waals surface area contributed by atoms with Crippen LogP contribution >= 0.6 is 12.4 Å². The van der Waals surface area contributed by atoms with Gasteiger partial charge in [0.2, 0.25) is 0 Å². The Morgan fingerprint density at radius 3 is 2.79 bits per heavy atom. The largest absolute Gasteiger partial charge is 0.508 e. The van der Waals surface area contributed by atoms with E-state index in [1.165, 1.54) is 16.7 Å². The van der Waals surface area contributed by atoms with Crippen molar-refractivity contribution >= 4 is 12.4 Å². The molecule has 0 aromatic heterocycles. The monoisotopic (exact) mass is 281 g/mol. The first kappa shape index (κ1) is 16.1. The van der Waals surface area contributed by atoms with Crippen LogP contribution in [0.25, 0.3) is 0 Å². The molecule has 0 saturated heterocycles. The maximum Gasteiger partial charge on any atom is 0.115 e. The second-order valence-corrected chi connectivity index (χ2v) is 5.53. The molecule has 2 nitrogen and oxygen atoms in total. The molecule has 0 fully saturated rings. The van der Waals surface area contributed by atoms with Gasteiger partial charge in [0.15, 0.2) is 0 Å². The van der Waals surface area contributed by atoms with Gasteiger partial charge < -0.3 is 5.11 Å². The van der Waals surface area contributed by atoms with E-state index in [1.807, 2.05) is 6.07 Å². The standard InChI is InChI=1S/C16H23NO.ClH/c1-12(2)6-8-17-9-7-14-4-5-16(18)11-15(14)10-13(17)3;/h4-6,11,13,18H,7-10H2,1-3H3;1H. The van der Waals surface area contributed by atoms with Gasteiger partial charge in [0.05, 0.1) is 0 Å². The van der Waals surface area contributed by atoms with Crippen LogP contribution in [-0.2, 0) is 12.8 Å². The van der Waals surface area contributed by atoms with E-state index in [-0.39, 0.29) is 12.4 Å². The molecule has 0 amide bonds. The molecule has 1 unspecified atom stereocenters. The van der Waals surface area contributed by atoms with Crippen LogP contribution in [-0.4, -0.2) is 29.1 Å². The second kappa shape index (κ2) is 6.97. The SMILES string of the molecule is CC(C)=CCN1CCc2ccc(O)cc2CC1C.Cl. The highest BCUT2D eigenvalue weighted by Crippen LogP contribution is 2.23. The fourth-order valence-electron chi connectivity index (χ4n) is 2.55. The molecule has 0 bridgehead atoms. The number of hydrogen-bond donors (Lipinski definition) is 1. The van der Waals surface area contributed by atoms with Crippen molar-refractivity contribution in [2.24, 2.45) is 0 Å². The molecule has 106 valence electrons. The highest BCUT2D eigenvalue weighted by atomic mass is 35.5. The van der Waals surface area contributed by atoms with Crippen LogP contribution < -0.4 is 0 Å². The molecule has 3 heteroatoms. The van der Waals surface area contributed by atoms with Gasteiger partial charge in [-0.1, -0.05) is 17.7 Å². The molecule has 1 atom stereocenters. The highest BCUT2D eigenvalue weighted by molar-refractivity contribution is 5.85.